The maximum atomic E-state index is 4.76. The number of hydrogen-bond acceptors (Lipinski definition) is 3. The Morgan fingerprint density at radius 2 is 1.50 bits per heavy atom. The molecule has 0 N–H and O–H groups in total. The molecule has 176 valence electrons. The van der Waals surface area contributed by atoms with Gasteiger partial charge < -0.3 is 9.98 Å². The topological polar surface area (TPSA) is 52.2 Å². The zero-order valence-electron chi connectivity index (χ0n) is 20.5. The molecule has 0 aliphatic carbocycles. The molecule has 0 unspecified atom stereocenters. The van der Waals surface area contributed by atoms with Crippen LogP contribution in [0.2, 0.25) is 0 Å². The van der Waals surface area contributed by atoms with E-state index in [-0.39, 0.29) is 31.9 Å². The second-order valence-corrected chi connectivity index (χ2v) is 10.3. The first-order valence-electron chi connectivity index (χ1n) is 11.2. The first kappa shape index (κ1) is 25.8. The van der Waals surface area contributed by atoms with E-state index in [1.165, 1.54) is 11.1 Å². The van der Waals surface area contributed by atoms with Crippen LogP contribution in [-0.2, 0) is 31.9 Å². The predicted octanol–water partition coefficient (Wildman–Crippen LogP) is 6.39. The molecule has 0 amide bonds. The van der Waals surface area contributed by atoms with Gasteiger partial charge in [-0.1, -0.05) is 65.2 Å². The smallest absolute Gasteiger partial charge is 0.482 e. The molecule has 1 aromatic carbocycles. The quantitative estimate of drug-likeness (QED) is 0.247. The van der Waals surface area contributed by atoms with E-state index in [4.69, 9.17) is 15.0 Å². The SMILES string of the molecule is CC(C)(C)c1cc[c-]c(-c2ccc/c(=N/c3cccc(-c4cc(C(C)(C)C)ccn4)n3)[n-]2)c1.[Pt+2]. The van der Waals surface area contributed by atoms with E-state index >= 15 is 0 Å². The second-order valence-electron chi connectivity index (χ2n) is 10.3. The Morgan fingerprint density at radius 3 is 2.24 bits per heavy atom. The average molecular weight is 630 g/mol. The maximum absolute atomic E-state index is 4.76. The van der Waals surface area contributed by atoms with Crippen LogP contribution in [0.1, 0.15) is 52.7 Å². The van der Waals surface area contributed by atoms with Crippen LogP contribution in [-0.4, -0.2) is 9.97 Å². The van der Waals surface area contributed by atoms with Crippen molar-refractivity contribution in [3.63, 3.8) is 0 Å². The van der Waals surface area contributed by atoms with Crippen molar-refractivity contribution in [2.24, 2.45) is 4.99 Å². The summed E-state index contributed by atoms with van der Waals surface area (Å²) in [5, 5.41) is 0. The van der Waals surface area contributed by atoms with E-state index in [0.29, 0.717) is 11.3 Å². The standard InChI is InChI=1S/C29H30N4.Pt/c1-28(2,3)21-11-7-10-20(18-21)23-12-8-14-26(31-23)33-27-15-9-13-24(32-27)25-19-22(16-17-30-25)29(4,5)6;/h7-9,11-19H,1-6H3;/q-2;+2. The largest absolute Gasteiger partial charge is 2.00 e. The van der Waals surface area contributed by atoms with Crippen molar-refractivity contribution >= 4 is 5.82 Å². The summed E-state index contributed by atoms with van der Waals surface area (Å²) in [7, 11) is 0. The van der Waals surface area contributed by atoms with Crippen LogP contribution in [0.3, 0.4) is 0 Å². The van der Waals surface area contributed by atoms with E-state index in [9.17, 15) is 0 Å². The summed E-state index contributed by atoms with van der Waals surface area (Å²) in [6.07, 6.45) is 1.84. The van der Waals surface area contributed by atoms with E-state index in [0.717, 1.165) is 22.6 Å². The van der Waals surface area contributed by atoms with E-state index in [1.807, 2.05) is 48.7 Å². The first-order chi connectivity index (χ1) is 15.6. The van der Waals surface area contributed by atoms with Crippen molar-refractivity contribution in [1.82, 2.24) is 15.0 Å². The van der Waals surface area contributed by atoms with Crippen LogP contribution in [0.25, 0.3) is 22.6 Å². The van der Waals surface area contributed by atoms with Crippen molar-refractivity contribution < 1.29 is 21.1 Å². The molecule has 0 saturated carbocycles. The minimum absolute atomic E-state index is 0. The van der Waals surface area contributed by atoms with Gasteiger partial charge in [-0.3, -0.25) is 9.97 Å². The molecule has 4 nitrogen and oxygen atoms in total. The summed E-state index contributed by atoms with van der Waals surface area (Å²) < 4.78 is 0. The fourth-order valence-corrected chi connectivity index (χ4v) is 3.50. The summed E-state index contributed by atoms with van der Waals surface area (Å²) >= 11 is 0. The number of nitrogens with zero attached hydrogens (tertiary/aromatic N) is 4. The number of hydrogen-bond donors (Lipinski definition) is 0. The Bertz CT molecular complexity index is 1340. The van der Waals surface area contributed by atoms with Crippen molar-refractivity contribution in [1.29, 1.82) is 0 Å². The second kappa shape index (κ2) is 10.2. The molecule has 0 atom stereocenters. The van der Waals surface area contributed by atoms with Crippen LogP contribution >= 0.6 is 0 Å². The fraction of sp³-hybridized carbons (Fsp3) is 0.276. The van der Waals surface area contributed by atoms with E-state index in [1.54, 1.807) is 0 Å². The number of rotatable bonds is 3. The molecular formula is C29H30N4Pt. The molecule has 34 heavy (non-hydrogen) atoms. The van der Waals surface area contributed by atoms with Gasteiger partial charge in [-0.25, -0.2) is 0 Å². The van der Waals surface area contributed by atoms with Gasteiger partial charge in [0.25, 0.3) is 0 Å². The Balaban J connectivity index is 0.00000324. The summed E-state index contributed by atoms with van der Waals surface area (Å²) in [6.45, 7) is 13.2. The zero-order valence-corrected chi connectivity index (χ0v) is 22.8. The van der Waals surface area contributed by atoms with Crippen molar-refractivity contribution in [3.8, 4) is 22.6 Å². The Hall–Kier alpha value is -2.84. The van der Waals surface area contributed by atoms with Crippen LogP contribution in [0.5, 0.6) is 0 Å². The van der Waals surface area contributed by atoms with Crippen LogP contribution in [0.4, 0.5) is 5.82 Å². The molecule has 3 heterocycles. The molecule has 0 bridgehead atoms. The average Bonchev–Trinajstić information content (AvgIpc) is 2.78. The fourth-order valence-electron chi connectivity index (χ4n) is 3.50. The zero-order chi connectivity index (χ0) is 23.6. The predicted molar refractivity (Wildman–Crippen MR) is 134 cm³/mol. The Kier molecular flexibility index (Phi) is 7.73. The number of aromatic nitrogens is 3. The minimum Gasteiger partial charge on any atom is -0.482 e. The summed E-state index contributed by atoms with van der Waals surface area (Å²) in [4.78, 5) is 18.7. The molecule has 0 aliphatic rings. The van der Waals surface area contributed by atoms with Crippen LogP contribution in [0.15, 0.2) is 77.9 Å². The minimum atomic E-state index is 0. The monoisotopic (exact) mass is 629 g/mol. The van der Waals surface area contributed by atoms with E-state index in [2.05, 4.69) is 76.9 Å². The third kappa shape index (κ3) is 6.18. The molecule has 0 saturated heterocycles. The Morgan fingerprint density at radius 1 is 0.794 bits per heavy atom. The van der Waals surface area contributed by atoms with Crippen LogP contribution in [0, 0.1) is 6.07 Å². The van der Waals surface area contributed by atoms with Gasteiger partial charge in [0.05, 0.1) is 17.2 Å². The van der Waals surface area contributed by atoms with Gasteiger partial charge in [0.2, 0.25) is 0 Å². The summed E-state index contributed by atoms with van der Waals surface area (Å²) in [6, 6.07) is 25.3. The summed E-state index contributed by atoms with van der Waals surface area (Å²) in [5.74, 6) is 0.604. The van der Waals surface area contributed by atoms with Gasteiger partial charge in [-0.2, -0.15) is 0 Å². The van der Waals surface area contributed by atoms with Gasteiger partial charge in [0, 0.05) is 6.20 Å². The number of benzene rings is 1. The normalized spacial score (nSPS) is 12.4. The Labute approximate surface area is 216 Å². The molecule has 5 heteroatoms. The molecular weight excluding hydrogens is 599 g/mol. The first-order valence-corrected chi connectivity index (χ1v) is 11.2. The molecule has 4 aromatic rings. The summed E-state index contributed by atoms with van der Waals surface area (Å²) in [5.41, 5.74) is 6.64. The molecule has 0 fully saturated rings. The van der Waals surface area contributed by atoms with Gasteiger partial charge >= 0.3 is 21.1 Å². The van der Waals surface area contributed by atoms with Gasteiger partial charge in [-0.15, -0.1) is 47.2 Å². The van der Waals surface area contributed by atoms with Crippen LogP contribution < -0.4 is 10.5 Å². The molecule has 3 aromatic heterocycles. The van der Waals surface area contributed by atoms with E-state index < -0.39 is 0 Å². The number of pyridine rings is 3. The molecule has 0 spiro atoms. The van der Waals surface area contributed by atoms with Gasteiger partial charge in [-0.05, 0) is 40.7 Å². The molecule has 4 rings (SSSR count). The third-order valence-electron chi connectivity index (χ3n) is 5.53. The van der Waals surface area contributed by atoms with Gasteiger partial charge in [0.1, 0.15) is 0 Å². The van der Waals surface area contributed by atoms with Crippen molar-refractivity contribution in [3.05, 3.63) is 95.6 Å². The third-order valence-corrected chi connectivity index (χ3v) is 5.53. The van der Waals surface area contributed by atoms with Gasteiger partial charge in [0.15, 0.2) is 0 Å². The molecule has 0 radical (unpaired) electrons. The molecule has 0 aliphatic heterocycles. The van der Waals surface area contributed by atoms with Crippen molar-refractivity contribution in [2.75, 3.05) is 0 Å². The van der Waals surface area contributed by atoms with Crippen molar-refractivity contribution in [2.45, 2.75) is 52.4 Å². The maximum Gasteiger partial charge on any atom is 2.00 e.